The molecule has 0 aliphatic carbocycles. The molecule has 1 aromatic heterocycles. The number of fused-ring (bicyclic) bond motifs is 1. The summed E-state index contributed by atoms with van der Waals surface area (Å²) in [5.74, 6) is 0.600. The third kappa shape index (κ3) is 4.56. The lowest BCUT2D eigenvalue weighted by Crippen LogP contribution is -2.29. The number of carbonyl (C=O) groups is 1. The van der Waals surface area contributed by atoms with Crippen LogP contribution in [0, 0.1) is 0 Å². The molecule has 3 aromatic carbocycles. The maximum Gasteiger partial charge on any atom is 0.253 e. The summed E-state index contributed by atoms with van der Waals surface area (Å²) >= 11 is 6.21. The van der Waals surface area contributed by atoms with E-state index in [4.69, 9.17) is 16.6 Å². The van der Waals surface area contributed by atoms with Gasteiger partial charge in [-0.3, -0.25) is 4.79 Å². The Labute approximate surface area is 194 Å². The molecule has 5 heteroatoms. The summed E-state index contributed by atoms with van der Waals surface area (Å²) in [5.41, 5.74) is 5.02. The summed E-state index contributed by atoms with van der Waals surface area (Å²) in [7, 11) is 0. The number of imidazole rings is 1. The summed E-state index contributed by atoms with van der Waals surface area (Å²) in [4.78, 5) is 17.7. The fourth-order valence-corrected chi connectivity index (χ4v) is 4.09. The highest BCUT2D eigenvalue weighted by molar-refractivity contribution is 6.33. The van der Waals surface area contributed by atoms with Crippen LogP contribution in [0.25, 0.3) is 11.0 Å². The monoisotopic (exact) mass is 445 g/mol. The molecular weight excluding hydrogens is 418 g/mol. The smallest absolute Gasteiger partial charge is 0.253 e. The minimum absolute atomic E-state index is 0.114. The fraction of sp³-hybridized carbons (Fsp3) is 0.259. The van der Waals surface area contributed by atoms with Gasteiger partial charge in [0.2, 0.25) is 0 Å². The molecule has 0 aliphatic heterocycles. The van der Waals surface area contributed by atoms with E-state index < -0.39 is 0 Å². The normalized spacial score (nSPS) is 12.7. The number of hydrogen-bond donors (Lipinski definition) is 1. The number of hydrogen-bond acceptors (Lipinski definition) is 2. The van der Waals surface area contributed by atoms with Crippen molar-refractivity contribution in [2.75, 3.05) is 0 Å². The van der Waals surface area contributed by atoms with E-state index >= 15 is 0 Å². The van der Waals surface area contributed by atoms with Crippen molar-refractivity contribution >= 4 is 28.5 Å². The number of benzene rings is 3. The van der Waals surface area contributed by atoms with Crippen molar-refractivity contribution in [2.45, 2.75) is 45.7 Å². The van der Waals surface area contributed by atoms with Crippen LogP contribution in [0.15, 0.2) is 72.8 Å². The van der Waals surface area contributed by atoms with Crippen LogP contribution in [0.5, 0.6) is 0 Å². The second kappa shape index (κ2) is 8.79. The van der Waals surface area contributed by atoms with Crippen LogP contribution in [0.2, 0.25) is 5.02 Å². The molecule has 1 heterocycles. The SMILES string of the molecule is CC(NC(=O)c1ccccc1Cl)c1nc2ccccc2n1Cc1ccc(C(C)(C)C)cc1. The molecule has 0 saturated heterocycles. The zero-order valence-electron chi connectivity index (χ0n) is 18.9. The van der Waals surface area contributed by atoms with Gasteiger partial charge in [-0.1, -0.05) is 80.9 Å². The molecule has 0 spiro atoms. The van der Waals surface area contributed by atoms with Crippen LogP contribution in [0.1, 0.15) is 61.0 Å². The van der Waals surface area contributed by atoms with E-state index in [1.807, 2.05) is 37.3 Å². The van der Waals surface area contributed by atoms with Crippen LogP contribution in [-0.2, 0) is 12.0 Å². The highest BCUT2D eigenvalue weighted by Gasteiger charge is 2.20. The van der Waals surface area contributed by atoms with Crippen molar-refractivity contribution in [3.63, 3.8) is 0 Å². The van der Waals surface area contributed by atoms with Crippen LogP contribution < -0.4 is 5.32 Å². The molecule has 0 saturated carbocycles. The largest absolute Gasteiger partial charge is 0.342 e. The van der Waals surface area contributed by atoms with Crippen molar-refractivity contribution < 1.29 is 4.79 Å². The Kier molecular flexibility index (Phi) is 6.07. The van der Waals surface area contributed by atoms with Crippen molar-refractivity contribution in [3.8, 4) is 0 Å². The maximum atomic E-state index is 12.8. The number of amides is 1. The van der Waals surface area contributed by atoms with E-state index in [0.29, 0.717) is 17.1 Å². The molecule has 0 fully saturated rings. The van der Waals surface area contributed by atoms with Crippen LogP contribution >= 0.6 is 11.6 Å². The number of aromatic nitrogens is 2. The van der Waals surface area contributed by atoms with Gasteiger partial charge in [0.1, 0.15) is 5.82 Å². The zero-order valence-corrected chi connectivity index (χ0v) is 19.6. The first-order valence-corrected chi connectivity index (χ1v) is 11.2. The van der Waals surface area contributed by atoms with E-state index in [1.165, 1.54) is 11.1 Å². The fourth-order valence-electron chi connectivity index (χ4n) is 3.87. The van der Waals surface area contributed by atoms with Gasteiger partial charge in [-0.2, -0.15) is 0 Å². The number of para-hydroxylation sites is 2. The molecule has 0 bridgehead atoms. The second-order valence-electron chi connectivity index (χ2n) is 9.17. The maximum absolute atomic E-state index is 12.8. The number of nitrogens with one attached hydrogen (secondary N) is 1. The zero-order chi connectivity index (χ0) is 22.9. The summed E-state index contributed by atoms with van der Waals surface area (Å²) in [6.45, 7) is 9.27. The summed E-state index contributed by atoms with van der Waals surface area (Å²) in [5, 5.41) is 3.50. The first kappa shape index (κ1) is 22.1. The lowest BCUT2D eigenvalue weighted by Gasteiger charge is -2.20. The van der Waals surface area contributed by atoms with E-state index in [-0.39, 0.29) is 17.4 Å². The van der Waals surface area contributed by atoms with Gasteiger partial charge in [-0.05, 0) is 47.7 Å². The predicted octanol–water partition coefficient (Wildman–Crippen LogP) is 6.53. The molecule has 164 valence electrons. The number of carbonyl (C=O) groups excluding carboxylic acids is 1. The Morgan fingerprint density at radius 1 is 1.00 bits per heavy atom. The first-order chi connectivity index (χ1) is 15.2. The first-order valence-electron chi connectivity index (χ1n) is 10.8. The van der Waals surface area contributed by atoms with Gasteiger partial charge in [-0.25, -0.2) is 4.98 Å². The molecule has 1 amide bonds. The van der Waals surface area contributed by atoms with Crippen LogP contribution in [0.3, 0.4) is 0 Å². The van der Waals surface area contributed by atoms with Crippen LogP contribution in [0.4, 0.5) is 0 Å². The Morgan fingerprint density at radius 3 is 2.34 bits per heavy atom. The van der Waals surface area contributed by atoms with Gasteiger partial charge < -0.3 is 9.88 Å². The van der Waals surface area contributed by atoms with E-state index in [2.05, 4.69) is 61.0 Å². The molecule has 32 heavy (non-hydrogen) atoms. The molecule has 1 unspecified atom stereocenters. The highest BCUT2D eigenvalue weighted by Crippen LogP contribution is 2.25. The second-order valence-corrected chi connectivity index (χ2v) is 9.57. The van der Waals surface area contributed by atoms with Gasteiger partial charge >= 0.3 is 0 Å². The summed E-state index contributed by atoms with van der Waals surface area (Å²) < 4.78 is 2.18. The minimum atomic E-state index is -0.292. The average molecular weight is 446 g/mol. The molecule has 1 N–H and O–H groups in total. The Bertz CT molecular complexity index is 1250. The summed E-state index contributed by atoms with van der Waals surface area (Å²) in [6, 6.07) is 23.6. The third-order valence-electron chi connectivity index (χ3n) is 5.70. The average Bonchev–Trinajstić information content (AvgIpc) is 3.12. The molecule has 4 nitrogen and oxygen atoms in total. The standard InChI is InChI=1S/C27H28ClN3O/c1-18(29-26(32)21-9-5-6-10-22(21)28)25-30-23-11-7-8-12-24(23)31(25)17-19-13-15-20(16-14-19)27(2,3)4/h5-16,18H,17H2,1-4H3,(H,29,32). The lowest BCUT2D eigenvalue weighted by molar-refractivity contribution is 0.0938. The van der Waals surface area contributed by atoms with E-state index in [1.54, 1.807) is 12.1 Å². The molecule has 0 radical (unpaired) electrons. The van der Waals surface area contributed by atoms with E-state index in [9.17, 15) is 4.79 Å². The topological polar surface area (TPSA) is 46.9 Å². The Balaban J connectivity index is 1.66. The molecule has 0 aliphatic rings. The van der Waals surface area contributed by atoms with Crippen LogP contribution in [-0.4, -0.2) is 15.5 Å². The Morgan fingerprint density at radius 2 is 1.66 bits per heavy atom. The molecule has 4 rings (SSSR count). The quantitative estimate of drug-likeness (QED) is 0.379. The van der Waals surface area contributed by atoms with E-state index in [0.717, 1.165) is 16.9 Å². The van der Waals surface area contributed by atoms with Gasteiger partial charge in [0, 0.05) is 6.54 Å². The van der Waals surface area contributed by atoms with Gasteiger partial charge in [0.05, 0.1) is 27.7 Å². The third-order valence-corrected chi connectivity index (χ3v) is 6.03. The minimum Gasteiger partial charge on any atom is -0.342 e. The predicted molar refractivity (Wildman–Crippen MR) is 131 cm³/mol. The highest BCUT2D eigenvalue weighted by atomic mass is 35.5. The number of rotatable bonds is 5. The van der Waals surface area contributed by atoms with Crippen molar-refractivity contribution in [2.24, 2.45) is 0 Å². The van der Waals surface area contributed by atoms with Crippen molar-refractivity contribution in [3.05, 3.63) is 100 Å². The molecule has 1 atom stereocenters. The number of halogens is 1. The Hall–Kier alpha value is -3.11. The molecular formula is C27H28ClN3O. The van der Waals surface area contributed by atoms with Crippen molar-refractivity contribution in [1.82, 2.24) is 14.9 Å². The van der Waals surface area contributed by atoms with Gasteiger partial charge in [0.15, 0.2) is 0 Å². The van der Waals surface area contributed by atoms with Gasteiger partial charge in [0.25, 0.3) is 5.91 Å². The lowest BCUT2D eigenvalue weighted by atomic mass is 9.87. The summed E-state index contributed by atoms with van der Waals surface area (Å²) in [6.07, 6.45) is 0. The van der Waals surface area contributed by atoms with Gasteiger partial charge in [-0.15, -0.1) is 0 Å². The molecule has 4 aromatic rings. The van der Waals surface area contributed by atoms with Crippen molar-refractivity contribution in [1.29, 1.82) is 0 Å². The number of nitrogens with zero attached hydrogens (tertiary/aromatic N) is 2.